The maximum absolute atomic E-state index is 11.6. The molecule has 0 aromatic rings. The van der Waals surface area contributed by atoms with Gasteiger partial charge in [-0.2, -0.15) is 0 Å². The number of rotatable bonds is 5. The second kappa shape index (κ2) is 6.80. The second-order valence-electron chi connectivity index (χ2n) is 4.20. The van der Waals surface area contributed by atoms with Crippen molar-refractivity contribution in [3.05, 3.63) is 0 Å². The van der Waals surface area contributed by atoms with Crippen LogP contribution >= 0.6 is 0 Å². The zero-order valence-electron chi connectivity index (χ0n) is 9.46. The minimum absolute atomic E-state index is 0.0108. The molecule has 0 spiro atoms. The number of hydrogen-bond donors (Lipinski definition) is 3. The first-order chi connectivity index (χ1) is 7.27. The monoisotopic (exact) mass is 214 g/mol. The number of aliphatic hydroxyl groups excluding tert-OH is 1. The first-order valence-corrected chi connectivity index (χ1v) is 5.89. The van der Waals surface area contributed by atoms with E-state index in [-0.39, 0.29) is 18.6 Å². The van der Waals surface area contributed by atoms with Gasteiger partial charge in [0.2, 0.25) is 5.91 Å². The fourth-order valence-corrected chi connectivity index (χ4v) is 2.17. The lowest BCUT2D eigenvalue weighted by Gasteiger charge is -2.29. The van der Waals surface area contributed by atoms with Crippen LogP contribution in [0.15, 0.2) is 0 Å². The molecule has 1 aliphatic heterocycles. The molecule has 0 aromatic heterocycles. The van der Waals surface area contributed by atoms with Crippen molar-refractivity contribution in [2.45, 2.75) is 38.6 Å². The Morgan fingerprint density at radius 3 is 3.07 bits per heavy atom. The molecule has 0 bridgehead atoms. The number of hydrogen-bond acceptors (Lipinski definition) is 3. The first kappa shape index (κ1) is 12.5. The van der Waals surface area contributed by atoms with E-state index in [1.54, 1.807) is 0 Å². The summed E-state index contributed by atoms with van der Waals surface area (Å²) in [5.74, 6) is 0.714. The molecular formula is C11H22N2O2. The van der Waals surface area contributed by atoms with Crippen LogP contribution in [0.5, 0.6) is 0 Å². The fraction of sp³-hybridized carbons (Fsp3) is 0.909. The quantitative estimate of drug-likeness (QED) is 0.615. The Labute approximate surface area is 91.4 Å². The van der Waals surface area contributed by atoms with Gasteiger partial charge in [0, 0.05) is 6.54 Å². The molecule has 4 nitrogen and oxygen atoms in total. The molecule has 1 rings (SSSR count). The molecule has 0 radical (unpaired) electrons. The van der Waals surface area contributed by atoms with Gasteiger partial charge in [-0.3, -0.25) is 4.79 Å². The molecular weight excluding hydrogens is 192 g/mol. The number of nitrogens with one attached hydrogen (secondary N) is 2. The van der Waals surface area contributed by atoms with Gasteiger partial charge in [0.05, 0.1) is 12.6 Å². The van der Waals surface area contributed by atoms with Crippen LogP contribution in [-0.2, 0) is 4.79 Å². The summed E-state index contributed by atoms with van der Waals surface area (Å²) in [6, 6.07) is -0.0538. The van der Waals surface area contributed by atoms with Crippen LogP contribution < -0.4 is 10.6 Å². The third kappa shape index (κ3) is 4.18. The lowest BCUT2D eigenvalue weighted by Crippen LogP contribution is -2.49. The number of piperidine rings is 1. The summed E-state index contributed by atoms with van der Waals surface area (Å²) in [6.45, 7) is 3.48. The molecule has 4 heteroatoms. The van der Waals surface area contributed by atoms with Crippen molar-refractivity contribution in [2.75, 3.05) is 19.7 Å². The van der Waals surface area contributed by atoms with Crippen LogP contribution in [-0.4, -0.2) is 36.8 Å². The van der Waals surface area contributed by atoms with Crippen LogP contribution in [0.3, 0.4) is 0 Å². The van der Waals surface area contributed by atoms with Gasteiger partial charge in [-0.15, -0.1) is 0 Å². The maximum atomic E-state index is 11.6. The highest BCUT2D eigenvalue weighted by Crippen LogP contribution is 2.21. The summed E-state index contributed by atoms with van der Waals surface area (Å²) in [6.07, 6.45) is 4.52. The third-order valence-electron chi connectivity index (χ3n) is 2.94. The van der Waals surface area contributed by atoms with E-state index in [0.29, 0.717) is 12.5 Å². The highest BCUT2D eigenvalue weighted by molar-refractivity contribution is 5.81. The predicted octanol–water partition coefficient (Wildman–Crippen LogP) is 0.263. The molecule has 2 atom stereocenters. The Morgan fingerprint density at radius 2 is 2.40 bits per heavy atom. The SMILES string of the molecule is CCCC1CCNC(C(=O)NCCO)C1. The van der Waals surface area contributed by atoms with Crippen molar-refractivity contribution in [1.29, 1.82) is 0 Å². The highest BCUT2D eigenvalue weighted by Gasteiger charge is 2.25. The minimum Gasteiger partial charge on any atom is -0.395 e. The molecule has 0 saturated carbocycles. The Hall–Kier alpha value is -0.610. The van der Waals surface area contributed by atoms with Crippen molar-refractivity contribution in [3.63, 3.8) is 0 Å². The first-order valence-electron chi connectivity index (χ1n) is 5.89. The molecule has 1 amide bonds. The number of amides is 1. The summed E-state index contributed by atoms with van der Waals surface area (Å²) in [7, 11) is 0. The summed E-state index contributed by atoms with van der Waals surface area (Å²) in [5.41, 5.74) is 0. The smallest absolute Gasteiger partial charge is 0.237 e. The molecule has 15 heavy (non-hydrogen) atoms. The predicted molar refractivity (Wildman–Crippen MR) is 59.5 cm³/mol. The molecule has 0 aliphatic carbocycles. The van der Waals surface area contributed by atoms with Gasteiger partial charge in [0.15, 0.2) is 0 Å². The van der Waals surface area contributed by atoms with Gasteiger partial charge in [-0.05, 0) is 25.3 Å². The van der Waals surface area contributed by atoms with E-state index in [2.05, 4.69) is 17.6 Å². The second-order valence-corrected chi connectivity index (χ2v) is 4.20. The Kier molecular flexibility index (Phi) is 5.65. The van der Waals surface area contributed by atoms with Crippen molar-refractivity contribution in [2.24, 2.45) is 5.92 Å². The van der Waals surface area contributed by atoms with Gasteiger partial charge in [0.1, 0.15) is 0 Å². The Morgan fingerprint density at radius 1 is 1.60 bits per heavy atom. The lowest BCUT2D eigenvalue weighted by molar-refractivity contribution is -0.124. The van der Waals surface area contributed by atoms with E-state index >= 15 is 0 Å². The maximum Gasteiger partial charge on any atom is 0.237 e. The molecule has 3 N–H and O–H groups in total. The topological polar surface area (TPSA) is 61.4 Å². The lowest BCUT2D eigenvalue weighted by atomic mass is 9.88. The fourth-order valence-electron chi connectivity index (χ4n) is 2.17. The van der Waals surface area contributed by atoms with Gasteiger partial charge in [-0.1, -0.05) is 19.8 Å². The number of carbonyl (C=O) groups excluding carboxylic acids is 1. The van der Waals surface area contributed by atoms with Gasteiger partial charge in [-0.25, -0.2) is 0 Å². The highest BCUT2D eigenvalue weighted by atomic mass is 16.3. The van der Waals surface area contributed by atoms with Gasteiger partial charge >= 0.3 is 0 Å². The number of carbonyl (C=O) groups is 1. The van der Waals surface area contributed by atoms with Crippen LogP contribution in [0.1, 0.15) is 32.6 Å². The van der Waals surface area contributed by atoms with E-state index < -0.39 is 0 Å². The van der Waals surface area contributed by atoms with Gasteiger partial charge < -0.3 is 15.7 Å². The van der Waals surface area contributed by atoms with Crippen molar-refractivity contribution >= 4 is 5.91 Å². The average molecular weight is 214 g/mol. The summed E-state index contributed by atoms with van der Waals surface area (Å²) in [5, 5.41) is 14.6. The molecule has 2 unspecified atom stereocenters. The van der Waals surface area contributed by atoms with Crippen molar-refractivity contribution in [1.82, 2.24) is 10.6 Å². The summed E-state index contributed by atoms with van der Waals surface area (Å²) >= 11 is 0. The van der Waals surface area contributed by atoms with E-state index in [4.69, 9.17) is 5.11 Å². The van der Waals surface area contributed by atoms with Crippen LogP contribution in [0, 0.1) is 5.92 Å². The summed E-state index contributed by atoms with van der Waals surface area (Å²) < 4.78 is 0. The molecule has 0 aromatic carbocycles. The van der Waals surface area contributed by atoms with Crippen LogP contribution in [0.4, 0.5) is 0 Å². The standard InChI is InChI=1S/C11H22N2O2/c1-2-3-9-4-5-12-10(8-9)11(15)13-6-7-14/h9-10,12,14H,2-8H2,1H3,(H,13,15). The normalized spacial score (nSPS) is 26.3. The number of aliphatic hydroxyl groups is 1. The van der Waals surface area contributed by atoms with E-state index in [9.17, 15) is 4.79 Å². The molecule has 1 saturated heterocycles. The third-order valence-corrected chi connectivity index (χ3v) is 2.94. The molecule has 1 heterocycles. The average Bonchev–Trinajstić information content (AvgIpc) is 2.27. The molecule has 88 valence electrons. The molecule has 1 aliphatic rings. The summed E-state index contributed by atoms with van der Waals surface area (Å²) in [4.78, 5) is 11.6. The minimum atomic E-state index is -0.0538. The van der Waals surface area contributed by atoms with Crippen molar-refractivity contribution < 1.29 is 9.90 Å². The Balaban J connectivity index is 2.31. The van der Waals surface area contributed by atoms with Gasteiger partial charge in [0.25, 0.3) is 0 Å². The zero-order chi connectivity index (χ0) is 11.1. The van der Waals surface area contributed by atoms with Crippen molar-refractivity contribution in [3.8, 4) is 0 Å². The zero-order valence-corrected chi connectivity index (χ0v) is 9.46. The van der Waals surface area contributed by atoms with E-state index in [1.807, 2.05) is 0 Å². The van der Waals surface area contributed by atoms with Crippen LogP contribution in [0.25, 0.3) is 0 Å². The Bertz CT molecular complexity index is 195. The van der Waals surface area contributed by atoms with E-state index in [0.717, 1.165) is 13.0 Å². The van der Waals surface area contributed by atoms with E-state index in [1.165, 1.54) is 19.3 Å². The largest absolute Gasteiger partial charge is 0.395 e. The molecule has 1 fully saturated rings. The van der Waals surface area contributed by atoms with Crippen LogP contribution in [0.2, 0.25) is 0 Å².